The highest BCUT2D eigenvalue weighted by Crippen LogP contribution is 2.15. The molecule has 8 heteroatoms. The zero-order valence-electron chi connectivity index (χ0n) is 16.1. The molecular weight excluding hydrogens is 455 g/mol. The number of aryl methyl sites for hydroxylation is 1. The van der Waals surface area contributed by atoms with E-state index in [1.54, 1.807) is 7.11 Å². The molecule has 0 amide bonds. The van der Waals surface area contributed by atoms with E-state index >= 15 is 0 Å². The van der Waals surface area contributed by atoms with E-state index in [0.29, 0.717) is 13.1 Å². The first-order valence-corrected chi connectivity index (χ1v) is 9.36. The number of fused-ring (bicyclic) bond motifs is 1. The number of hydrogen-bond acceptors (Lipinski definition) is 4. The van der Waals surface area contributed by atoms with Gasteiger partial charge in [-0.3, -0.25) is 0 Å². The molecule has 0 fully saturated rings. The van der Waals surface area contributed by atoms with E-state index in [2.05, 4.69) is 37.3 Å². The van der Waals surface area contributed by atoms with Gasteiger partial charge in [-0.15, -0.1) is 34.2 Å². The SMILES string of the molecule is CCNC(=NCc1cccc(OC)c1)NCc1nnc2n1CCCCC2.I. The van der Waals surface area contributed by atoms with E-state index in [1.165, 1.54) is 19.3 Å². The highest BCUT2D eigenvalue weighted by molar-refractivity contribution is 14.0. The van der Waals surface area contributed by atoms with Crippen LogP contribution in [-0.4, -0.2) is 34.4 Å². The standard InChI is InChI=1S/C19H28N6O.HI/c1-3-20-19(21-13-15-8-7-9-16(12-15)26-2)22-14-18-24-23-17-10-5-4-6-11-25(17)18;/h7-9,12H,3-6,10-11,13-14H2,1-2H3,(H2,20,21,22);1H. The summed E-state index contributed by atoms with van der Waals surface area (Å²) >= 11 is 0. The molecule has 1 aromatic heterocycles. The predicted molar refractivity (Wildman–Crippen MR) is 118 cm³/mol. The zero-order valence-corrected chi connectivity index (χ0v) is 18.4. The quantitative estimate of drug-likeness (QED) is 0.375. The molecule has 0 atom stereocenters. The molecule has 0 unspecified atom stereocenters. The van der Waals surface area contributed by atoms with E-state index in [0.717, 1.165) is 48.4 Å². The number of benzene rings is 1. The van der Waals surface area contributed by atoms with E-state index in [9.17, 15) is 0 Å². The summed E-state index contributed by atoms with van der Waals surface area (Å²) in [6.07, 6.45) is 4.69. The fourth-order valence-electron chi connectivity index (χ4n) is 3.12. The first kappa shape index (κ1) is 21.5. The molecule has 3 rings (SSSR count). The normalized spacial score (nSPS) is 13.9. The van der Waals surface area contributed by atoms with Gasteiger partial charge >= 0.3 is 0 Å². The molecule has 0 aliphatic carbocycles. The fraction of sp³-hybridized carbons (Fsp3) is 0.526. The lowest BCUT2D eigenvalue weighted by atomic mass is 10.2. The van der Waals surface area contributed by atoms with Crippen molar-refractivity contribution in [1.82, 2.24) is 25.4 Å². The highest BCUT2D eigenvalue weighted by Gasteiger charge is 2.14. The Morgan fingerprint density at radius 1 is 1.22 bits per heavy atom. The van der Waals surface area contributed by atoms with Gasteiger partial charge in [0.1, 0.15) is 11.6 Å². The van der Waals surface area contributed by atoms with E-state index in [1.807, 2.05) is 24.3 Å². The maximum Gasteiger partial charge on any atom is 0.191 e. The zero-order chi connectivity index (χ0) is 18.2. The molecule has 2 N–H and O–H groups in total. The van der Waals surface area contributed by atoms with Crippen LogP contribution in [0.15, 0.2) is 29.3 Å². The lowest BCUT2D eigenvalue weighted by Crippen LogP contribution is -2.37. The van der Waals surface area contributed by atoms with Crippen molar-refractivity contribution < 1.29 is 4.74 Å². The minimum atomic E-state index is 0. The highest BCUT2D eigenvalue weighted by atomic mass is 127. The van der Waals surface area contributed by atoms with Gasteiger partial charge in [0, 0.05) is 19.5 Å². The van der Waals surface area contributed by atoms with Gasteiger partial charge in [-0.2, -0.15) is 0 Å². The Bertz CT molecular complexity index is 746. The summed E-state index contributed by atoms with van der Waals surface area (Å²) in [6, 6.07) is 7.97. The van der Waals surface area contributed by atoms with Gasteiger partial charge in [0.2, 0.25) is 0 Å². The van der Waals surface area contributed by atoms with Crippen molar-refractivity contribution in [2.75, 3.05) is 13.7 Å². The maximum absolute atomic E-state index is 5.27. The Kier molecular flexibility index (Phi) is 8.83. The van der Waals surface area contributed by atoms with Crippen LogP contribution in [0.25, 0.3) is 0 Å². The van der Waals surface area contributed by atoms with Gasteiger partial charge in [-0.1, -0.05) is 18.6 Å². The summed E-state index contributed by atoms with van der Waals surface area (Å²) in [5, 5.41) is 15.4. The van der Waals surface area contributed by atoms with Crippen molar-refractivity contribution in [2.45, 2.75) is 52.2 Å². The number of halogens is 1. The van der Waals surface area contributed by atoms with Crippen LogP contribution < -0.4 is 15.4 Å². The first-order valence-electron chi connectivity index (χ1n) is 9.36. The number of methoxy groups -OCH3 is 1. The van der Waals surface area contributed by atoms with Gasteiger partial charge in [0.25, 0.3) is 0 Å². The van der Waals surface area contributed by atoms with Crippen molar-refractivity contribution in [3.05, 3.63) is 41.5 Å². The maximum atomic E-state index is 5.27. The molecule has 1 aromatic carbocycles. The molecular formula is C19H29IN6O. The number of guanidine groups is 1. The monoisotopic (exact) mass is 484 g/mol. The Hall–Kier alpha value is -1.84. The second-order valence-corrected chi connectivity index (χ2v) is 6.40. The van der Waals surface area contributed by atoms with Gasteiger partial charge in [0.05, 0.1) is 20.2 Å². The van der Waals surface area contributed by atoms with Crippen LogP contribution in [0.2, 0.25) is 0 Å². The number of aliphatic imine (C=N–C) groups is 1. The van der Waals surface area contributed by atoms with E-state index in [-0.39, 0.29) is 24.0 Å². The molecule has 27 heavy (non-hydrogen) atoms. The molecule has 7 nitrogen and oxygen atoms in total. The molecule has 2 heterocycles. The second-order valence-electron chi connectivity index (χ2n) is 6.40. The third-order valence-corrected chi connectivity index (χ3v) is 4.50. The van der Waals surface area contributed by atoms with Crippen LogP contribution in [0.3, 0.4) is 0 Å². The summed E-state index contributed by atoms with van der Waals surface area (Å²) in [7, 11) is 1.68. The largest absolute Gasteiger partial charge is 0.497 e. The smallest absolute Gasteiger partial charge is 0.191 e. The van der Waals surface area contributed by atoms with Crippen LogP contribution in [0.5, 0.6) is 5.75 Å². The molecule has 1 aliphatic heterocycles. The Morgan fingerprint density at radius 2 is 2.11 bits per heavy atom. The third kappa shape index (κ3) is 6.08. The van der Waals surface area contributed by atoms with Crippen molar-refractivity contribution in [3.63, 3.8) is 0 Å². The summed E-state index contributed by atoms with van der Waals surface area (Å²) in [5.74, 6) is 3.72. The predicted octanol–water partition coefficient (Wildman–Crippen LogP) is 2.89. The molecule has 148 valence electrons. The molecule has 2 aromatic rings. The van der Waals surface area contributed by atoms with Crippen molar-refractivity contribution >= 4 is 29.9 Å². The van der Waals surface area contributed by atoms with E-state index < -0.39 is 0 Å². The molecule has 0 saturated carbocycles. The minimum Gasteiger partial charge on any atom is -0.497 e. The number of nitrogens with zero attached hydrogens (tertiary/aromatic N) is 4. The lowest BCUT2D eigenvalue weighted by Gasteiger charge is -2.12. The van der Waals surface area contributed by atoms with E-state index in [4.69, 9.17) is 4.74 Å². The number of ether oxygens (including phenoxy) is 1. The Morgan fingerprint density at radius 3 is 2.93 bits per heavy atom. The Balaban J connectivity index is 0.00000261. The Labute approximate surface area is 178 Å². The summed E-state index contributed by atoms with van der Waals surface area (Å²) in [4.78, 5) is 4.67. The van der Waals surface area contributed by atoms with Gasteiger partial charge < -0.3 is 19.9 Å². The second kappa shape index (κ2) is 11.1. The van der Waals surface area contributed by atoms with Gasteiger partial charge in [-0.05, 0) is 37.5 Å². The molecule has 0 saturated heterocycles. The van der Waals surface area contributed by atoms with Crippen LogP contribution in [0, 0.1) is 0 Å². The van der Waals surface area contributed by atoms with Crippen LogP contribution in [0.1, 0.15) is 43.4 Å². The molecule has 0 bridgehead atoms. The number of nitrogens with one attached hydrogen (secondary N) is 2. The van der Waals surface area contributed by atoms with Crippen LogP contribution in [0.4, 0.5) is 0 Å². The van der Waals surface area contributed by atoms with Gasteiger partial charge in [-0.25, -0.2) is 4.99 Å². The summed E-state index contributed by atoms with van der Waals surface area (Å²) < 4.78 is 7.53. The first-order chi connectivity index (χ1) is 12.8. The molecule has 1 aliphatic rings. The summed E-state index contributed by atoms with van der Waals surface area (Å²) in [5.41, 5.74) is 1.11. The summed E-state index contributed by atoms with van der Waals surface area (Å²) in [6.45, 7) is 5.09. The fourth-order valence-corrected chi connectivity index (χ4v) is 3.12. The van der Waals surface area contributed by atoms with Crippen molar-refractivity contribution in [1.29, 1.82) is 0 Å². The minimum absolute atomic E-state index is 0. The lowest BCUT2D eigenvalue weighted by molar-refractivity contribution is 0.414. The van der Waals surface area contributed by atoms with Crippen LogP contribution in [-0.2, 0) is 26.1 Å². The number of hydrogen-bond donors (Lipinski definition) is 2. The van der Waals surface area contributed by atoms with Crippen LogP contribution >= 0.6 is 24.0 Å². The number of aromatic nitrogens is 3. The molecule has 0 radical (unpaired) electrons. The third-order valence-electron chi connectivity index (χ3n) is 4.50. The van der Waals surface area contributed by atoms with Crippen molar-refractivity contribution in [2.24, 2.45) is 4.99 Å². The topological polar surface area (TPSA) is 76.4 Å². The van der Waals surface area contributed by atoms with Gasteiger partial charge in [0.15, 0.2) is 11.8 Å². The molecule has 0 spiro atoms. The number of rotatable bonds is 6. The average Bonchev–Trinajstić information content (AvgIpc) is 2.90. The average molecular weight is 484 g/mol. The van der Waals surface area contributed by atoms with Crippen molar-refractivity contribution in [3.8, 4) is 5.75 Å².